The fourth-order valence-electron chi connectivity index (χ4n) is 3.20. The van der Waals surface area contributed by atoms with Crippen LogP contribution in [0.2, 0.25) is 0 Å². The van der Waals surface area contributed by atoms with E-state index in [0.29, 0.717) is 5.92 Å². The minimum Gasteiger partial charge on any atom is -0.339 e. The summed E-state index contributed by atoms with van der Waals surface area (Å²) in [4.78, 5) is 4.56. The summed E-state index contributed by atoms with van der Waals surface area (Å²) in [6.45, 7) is 2.25. The molecule has 1 saturated carbocycles. The number of thioether (sulfide) groups is 1. The molecule has 0 bridgehead atoms. The minimum atomic E-state index is 0.669. The fraction of sp³-hybridized carbons (Fsp3) is 0.867. The maximum atomic E-state index is 5.41. The highest BCUT2D eigenvalue weighted by Gasteiger charge is 2.18. The van der Waals surface area contributed by atoms with Crippen molar-refractivity contribution in [1.82, 2.24) is 15.5 Å². The first-order chi connectivity index (χ1) is 9.90. The summed E-state index contributed by atoms with van der Waals surface area (Å²) in [7, 11) is 0. The van der Waals surface area contributed by atoms with Gasteiger partial charge in [-0.25, -0.2) is 0 Å². The van der Waals surface area contributed by atoms with Crippen LogP contribution in [0.3, 0.4) is 0 Å². The second kappa shape index (κ2) is 7.46. The van der Waals surface area contributed by atoms with Crippen LogP contribution in [0.25, 0.3) is 0 Å². The van der Waals surface area contributed by atoms with Crippen molar-refractivity contribution < 1.29 is 4.52 Å². The van der Waals surface area contributed by atoms with Crippen molar-refractivity contribution in [1.29, 1.82) is 0 Å². The van der Waals surface area contributed by atoms with Crippen LogP contribution < -0.4 is 5.32 Å². The third-order valence-electron chi connectivity index (χ3n) is 4.37. The van der Waals surface area contributed by atoms with Crippen molar-refractivity contribution >= 4 is 11.8 Å². The summed E-state index contributed by atoms with van der Waals surface area (Å²) in [5.74, 6) is 3.30. The van der Waals surface area contributed by atoms with Gasteiger partial charge in [-0.1, -0.05) is 24.4 Å². The van der Waals surface area contributed by atoms with Crippen LogP contribution in [-0.4, -0.2) is 28.5 Å². The molecule has 1 unspecified atom stereocenters. The van der Waals surface area contributed by atoms with Crippen LogP contribution in [0.15, 0.2) is 4.52 Å². The number of nitrogens with one attached hydrogen (secondary N) is 1. The third-order valence-corrected chi connectivity index (χ3v) is 5.74. The zero-order chi connectivity index (χ0) is 13.6. The Morgan fingerprint density at radius 3 is 2.85 bits per heavy atom. The van der Waals surface area contributed by atoms with E-state index in [1.807, 2.05) is 11.8 Å². The molecule has 2 fully saturated rings. The number of nitrogens with zero attached hydrogens (tertiary/aromatic N) is 2. The molecule has 1 saturated heterocycles. The minimum absolute atomic E-state index is 0.669. The van der Waals surface area contributed by atoms with Crippen molar-refractivity contribution in [2.45, 2.75) is 62.4 Å². The van der Waals surface area contributed by atoms with Gasteiger partial charge in [0.05, 0.1) is 5.75 Å². The first kappa shape index (κ1) is 14.4. The Kier molecular flexibility index (Phi) is 5.36. The van der Waals surface area contributed by atoms with Gasteiger partial charge < -0.3 is 9.84 Å². The average molecular weight is 295 g/mol. The van der Waals surface area contributed by atoms with E-state index >= 15 is 0 Å². The first-order valence-corrected chi connectivity index (χ1v) is 9.09. The Labute approximate surface area is 125 Å². The lowest BCUT2D eigenvalue weighted by Crippen LogP contribution is -2.30. The predicted molar refractivity (Wildman–Crippen MR) is 81.8 cm³/mol. The van der Waals surface area contributed by atoms with E-state index < -0.39 is 0 Å². The molecule has 4 nitrogen and oxygen atoms in total. The maximum absolute atomic E-state index is 5.41. The first-order valence-electron chi connectivity index (χ1n) is 8.04. The molecule has 1 aromatic heterocycles. The van der Waals surface area contributed by atoms with Gasteiger partial charge in [0.25, 0.3) is 0 Å². The quantitative estimate of drug-likeness (QED) is 0.904. The van der Waals surface area contributed by atoms with Gasteiger partial charge in [0.1, 0.15) is 0 Å². The van der Waals surface area contributed by atoms with Crippen LogP contribution >= 0.6 is 11.8 Å². The van der Waals surface area contributed by atoms with Crippen LogP contribution in [0.5, 0.6) is 0 Å². The molecule has 1 N–H and O–H groups in total. The largest absolute Gasteiger partial charge is 0.339 e. The van der Waals surface area contributed by atoms with Crippen molar-refractivity contribution in [3.05, 3.63) is 11.7 Å². The second-order valence-electron chi connectivity index (χ2n) is 6.09. The van der Waals surface area contributed by atoms with Crippen molar-refractivity contribution in [3.8, 4) is 0 Å². The smallest absolute Gasteiger partial charge is 0.226 e. The monoisotopic (exact) mass is 295 g/mol. The molecule has 2 aliphatic rings. The number of piperidine rings is 1. The molecule has 1 atom stereocenters. The van der Waals surface area contributed by atoms with E-state index in [1.165, 1.54) is 44.9 Å². The van der Waals surface area contributed by atoms with Gasteiger partial charge >= 0.3 is 0 Å². The van der Waals surface area contributed by atoms with Gasteiger partial charge in [-0.3, -0.25) is 0 Å². The molecule has 3 rings (SSSR count). The molecule has 1 aliphatic carbocycles. The molecule has 0 aromatic carbocycles. The molecule has 0 spiro atoms. The van der Waals surface area contributed by atoms with Crippen molar-refractivity contribution in [2.24, 2.45) is 5.92 Å². The van der Waals surface area contributed by atoms with E-state index in [1.54, 1.807) is 0 Å². The van der Waals surface area contributed by atoms with Crippen LogP contribution in [-0.2, 0) is 12.2 Å². The van der Waals surface area contributed by atoms with Gasteiger partial charge in [-0.05, 0) is 44.7 Å². The highest BCUT2D eigenvalue weighted by Crippen LogP contribution is 2.30. The van der Waals surface area contributed by atoms with E-state index in [2.05, 4.69) is 15.5 Å². The molecule has 112 valence electrons. The maximum Gasteiger partial charge on any atom is 0.226 e. The Hall–Kier alpha value is -0.550. The molecular weight excluding hydrogens is 270 g/mol. The Morgan fingerprint density at radius 2 is 2.05 bits per heavy atom. The second-order valence-corrected chi connectivity index (χ2v) is 7.38. The van der Waals surface area contributed by atoms with Crippen LogP contribution in [0.1, 0.15) is 56.7 Å². The SMILES string of the molecule is C1CCC(SCc2noc(CC3CCCNC3)n2)CC1. The molecule has 5 heteroatoms. The van der Waals surface area contributed by atoms with E-state index in [4.69, 9.17) is 4.52 Å². The Balaban J connectivity index is 1.43. The summed E-state index contributed by atoms with van der Waals surface area (Å²) in [6.07, 6.45) is 10.4. The highest BCUT2D eigenvalue weighted by atomic mass is 32.2. The van der Waals surface area contributed by atoms with Crippen LogP contribution in [0.4, 0.5) is 0 Å². The molecule has 1 aromatic rings. The highest BCUT2D eigenvalue weighted by molar-refractivity contribution is 7.99. The van der Waals surface area contributed by atoms with E-state index in [0.717, 1.165) is 42.2 Å². The van der Waals surface area contributed by atoms with Gasteiger partial charge in [-0.15, -0.1) is 0 Å². The lowest BCUT2D eigenvalue weighted by molar-refractivity contribution is 0.315. The summed E-state index contributed by atoms with van der Waals surface area (Å²) in [5, 5.41) is 8.39. The van der Waals surface area contributed by atoms with E-state index in [-0.39, 0.29) is 0 Å². The van der Waals surface area contributed by atoms with Gasteiger partial charge in [0, 0.05) is 11.7 Å². The molecule has 0 radical (unpaired) electrons. The topological polar surface area (TPSA) is 51.0 Å². The number of aromatic nitrogens is 2. The standard InChI is InChI=1S/C15H25N3OS/c1-2-6-13(7-3-1)20-11-14-17-15(19-18-14)9-12-5-4-8-16-10-12/h12-13,16H,1-11H2. The van der Waals surface area contributed by atoms with Crippen molar-refractivity contribution in [3.63, 3.8) is 0 Å². The molecular formula is C15H25N3OS. The molecule has 20 heavy (non-hydrogen) atoms. The number of rotatable bonds is 5. The summed E-state index contributed by atoms with van der Waals surface area (Å²) in [6, 6.07) is 0. The lowest BCUT2D eigenvalue weighted by Gasteiger charge is -2.20. The molecule has 2 heterocycles. The summed E-state index contributed by atoms with van der Waals surface area (Å²) in [5.41, 5.74) is 0. The fourth-order valence-corrected chi connectivity index (χ4v) is 4.37. The molecule has 0 amide bonds. The third kappa shape index (κ3) is 4.22. The van der Waals surface area contributed by atoms with Crippen LogP contribution in [0, 0.1) is 5.92 Å². The average Bonchev–Trinajstić information content (AvgIpc) is 2.95. The Morgan fingerprint density at radius 1 is 1.15 bits per heavy atom. The van der Waals surface area contributed by atoms with Crippen molar-refractivity contribution in [2.75, 3.05) is 13.1 Å². The lowest BCUT2D eigenvalue weighted by atomic mass is 9.96. The zero-order valence-electron chi connectivity index (χ0n) is 12.1. The van der Waals surface area contributed by atoms with Gasteiger partial charge in [-0.2, -0.15) is 16.7 Å². The normalized spacial score (nSPS) is 24.9. The number of hydrogen-bond donors (Lipinski definition) is 1. The number of hydrogen-bond acceptors (Lipinski definition) is 5. The predicted octanol–water partition coefficient (Wildman–Crippen LogP) is 3.18. The van der Waals surface area contributed by atoms with Gasteiger partial charge in [0.15, 0.2) is 5.82 Å². The zero-order valence-corrected chi connectivity index (χ0v) is 13.0. The van der Waals surface area contributed by atoms with E-state index in [9.17, 15) is 0 Å². The Bertz CT molecular complexity index is 398. The van der Waals surface area contributed by atoms with Gasteiger partial charge in [0.2, 0.25) is 5.89 Å². The summed E-state index contributed by atoms with van der Waals surface area (Å²) >= 11 is 2.01. The molecule has 1 aliphatic heterocycles. The summed E-state index contributed by atoms with van der Waals surface area (Å²) < 4.78 is 5.41.